The van der Waals surface area contributed by atoms with Crippen molar-refractivity contribution in [3.63, 3.8) is 0 Å². The van der Waals surface area contributed by atoms with Crippen LogP contribution in [0.15, 0.2) is 64.0 Å². The summed E-state index contributed by atoms with van der Waals surface area (Å²) in [5.41, 5.74) is 3.57. The number of carbonyl (C=O) groups excluding carboxylic acids is 1. The van der Waals surface area contributed by atoms with E-state index in [4.69, 9.17) is 41.9 Å². The number of ether oxygens (including phenoxy) is 3. The predicted molar refractivity (Wildman–Crippen MR) is 142 cm³/mol. The van der Waals surface area contributed by atoms with Crippen LogP contribution in [-0.4, -0.2) is 18.2 Å². The van der Waals surface area contributed by atoms with Crippen molar-refractivity contribution < 1.29 is 23.5 Å². The maximum Gasteiger partial charge on any atom is 0.337 e. The third kappa shape index (κ3) is 4.79. The highest BCUT2D eigenvalue weighted by Crippen LogP contribution is 2.47. The molecule has 0 saturated heterocycles. The molecule has 0 spiro atoms. The molecule has 0 amide bonds. The molecule has 6 nitrogen and oxygen atoms in total. The summed E-state index contributed by atoms with van der Waals surface area (Å²) < 4.78 is 23.0. The molecule has 37 heavy (non-hydrogen) atoms. The highest BCUT2D eigenvalue weighted by Gasteiger charge is 2.33. The molecule has 1 fully saturated rings. The Hall–Kier alpha value is -3.13. The number of carbonyl (C=O) groups is 1. The maximum absolute atomic E-state index is 11.9. The van der Waals surface area contributed by atoms with Gasteiger partial charge in [-0.05, 0) is 55.3 Å². The quantitative estimate of drug-likeness (QED) is 0.222. The zero-order valence-corrected chi connectivity index (χ0v) is 22.1. The summed E-state index contributed by atoms with van der Waals surface area (Å²) in [6, 6.07) is 16.4. The molecule has 188 valence electrons. The molecule has 1 aliphatic heterocycles. The van der Waals surface area contributed by atoms with Crippen molar-refractivity contribution in [1.82, 2.24) is 5.16 Å². The Bertz CT molecular complexity index is 1490. The molecule has 9 heteroatoms. The highest BCUT2D eigenvalue weighted by molar-refractivity contribution is 7.98. The van der Waals surface area contributed by atoms with Gasteiger partial charge in [-0.1, -0.05) is 40.5 Å². The Morgan fingerprint density at radius 2 is 1.89 bits per heavy atom. The summed E-state index contributed by atoms with van der Waals surface area (Å²) in [5, 5.41) is 5.36. The Labute approximate surface area is 227 Å². The Morgan fingerprint density at radius 3 is 2.65 bits per heavy atom. The molecule has 0 atom stereocenters. The first kappa shape index (κ1) is 24.2. The smallest absolute Gasteiger partial charge is 0.337 e. The van der Waals surface area contributed by atoms with Gasteiger partial charge >= 0.3 is 5.97 Å². The summed E-state index contributed by atoms with van der Waals surface area (Å²) in [4.78, 5) is 12.9. The van der Waals surface area contributed by atoms with Gasteiger partial charge in [0, 0.05) is 22.8 Å². The molecule has 6 rings (SSSR count). The molecule has 0 N–H and O–H groups in total. The third-order valence-corrected chi connectivity index (χ3v) is 8.07. The zero-order valence-electron chi connectivity index (χ0n) is 19.8. The number of hydrogen-bond acceptors (Lipinski definition) is 7. The number of thioether (sulfide) groups is 1. The topological polar surface area (TPSA) is 70.8 Å². The minimum Gasteiger partial charge on any atom is -0.489 e. The van der Waals surface area contributed by atoms with E-state index in [-0.39, 0.29) is 6.61 Å². The highest BCUT2D eigenvalue weighted by atomic mass is 35.5. The fourth-order valence-electron chi connectivity index (χ4n) is 4.27. The normalized spacial score (nSPS) is 14.2. The lowest BCUT2D eigenvalue weighted by Gasteiger charge is -2.12. The fourth-order valence-corrected chi connectivity index (χ4v) is 5.84. The molecule has 0 bridgehead atoms. The van der Waals surface area contributed by atoms with Crippen LogP contribution in [0.5, 0.6) is 17.2 Å². The molecule has 1 saturated carbocycles. The molecule has 3 aromatic carbocycles. The molecule has 0 radical (unpaired) electrons. The number of aromatic nitrogens is 1. The second-order valence-corrected chi connectivity index (χ2v) is 10.7. The summed E-state index contributed by atoms with van der Waals surface area (Å²) in [6.07, 6.45) is 2.12. The first-order valence-electron chi connectivity index (χ1n) is 11.7. The zero-order chi connectivity index (χ0) is 25.5. The third-order valence-electron chi connectivity index (χ3n) is 6.36. The minimum absolute atomic E-state index is 0.263. The number of halogens is 2. The van der Waals surface area contributed by atoms with Gasteiger partial charge in [0.25, 0.3) is 0 Å². The number of nitrogens with zero attached hydrogens (tertiary/aromatic N) is 1. The van der Waals surface area contributed by atoms with Crippen LogP contribution >= 0.6 is 35.0 Å². The lowest BCUT2D eigenvalue weighted by Crippen LogP contribution is -2.02. The molecule has 1 aromatic heterocycles. The summed E-state index contributed by atoms with van der Waals surface area (Å²) in [6.45, 7) is 0.263. The largest absolute Gasteiger partial charge is 0.489 e. The number of rotatable bonds is 6. The Kier molecular flexibility index (Phi) is 6.53. The van der Waals surface area contributed by atoms with Crippen molar-refractivity contribution in [3.8, 4) is 28.5 Å². The molecule has 2 aliphatic rings. The number of methoxy groups -OCH3 is 1. The van der Waals surface area contributed by atoms with Gasteiger partial charge in [0.15, 0.2) is 0 Å². The van der Waals surface area contributed by atoms with E-state index >= 15 is 0 Å². The van der Waals surface area contributed by atoms with E-state index in [9.17, 15) is 4.79 Å². The van der Waals surface area contributed by atoms with E-state index < -0.39 is 5.97 Å². The first-order valence-corrected chi connectivity index (χ1v) is 13.5. The molecule has 1 aliphatic carbocycles. The number of fused-ring (bicyclic) bond motifs is 2. The van der Waals surface area contributed by atoms with Gasteiger partial charge < -0.3 is 18.7 Å². The minimum atomic E-state index is -0.399. The van der Waals surface area contributed by atoms with Crippen molar-refractivity contribution in [2.45, 2.75) is 36.0 Å². The van der Waals surface area contributed by atoms with Crippen LogP contribution in [0.3, 0.4) is 0 Å². The Balaban J connectivity index is 1.26. The average molecular weight is 554 g/mol. The van der Waals surface area contributed by atoms with Gasteiger partial charge in [0.05, 0.1) is 33.2 Å². The van der Waals surface area contributed by atoms with Gasteiger partial charge in [-0.3, -0.25) is 0 Å². The maximum atomic E-state index is 11.9. The van der Waals surface area contributed by atoms with Crippen LogP contribution in [0.2, 0.25) is 10.0 Å². The summed E-state index contributed by atoms with van der Waals surface area (Å²) >= 11 is 14.6. The lowest BCUT2D eigenvalue weighted by atomic mass is 10.0. The van der Waals surface area contributed by atoms with Crippen LogP contribution in [0.4, 0.5) is 0 Å². The van der Waals surface area contributed by atoms with E-state index in [1.165, 1.54) is 7.11 Å². The van der Waals surface area contributed by atoms with Gasteiger partial charge in [-0.25, -0.2) is 4.79 Å². The number of hydrogen-bond donors (Lipinski definition) is 0. The number of benzene rings is 3. The molecular weight excluding hydrogens is 533 g/mol. The standard InChI is InChI=1S/C28H21Cl2NO5S/c1-33-28(32)16-7-8-17-14-37-24-12-18(9-10-22(24)35-23(17)11-16)34-13-19-26(31-36-27(19)15-5-6-15)25-20(29)3-2-4-21(25)30/h2-4,7-12,15H,5-6,13-14H2,1H3. The van der Waals surface area contributed by atoms with Crippen LogP contribution < -0.4 is 9.47 Å². The van der Waals surface area contributed by atoms with Crippen molar-refractivity contribution >= 4 is 40.9 Å². The van der Waals surface area contributed by atoms with Crippen LogP contribution in [0.1, 0.15) is 46.0 Å². The predicted octanol–water partition coefficient (Wildman–Crippen LogP) is 8.29. The van der Waals surface area contributed by atoms with Gasteiger partial charge in [-0.15, -0.1) is 11.8 Å². The molecular formula is C28H21Cl2NO5S. The molecule has 2 heterocycles. The fraction of sp³-hybridized carbons (Fsp3) is 0.214. The van der Waals surface area contributed by atoms with E-state index in [0.717, 1.165) is 34.6 Å². The summed E-state index contributed by atoms with van der Waals surface area (Å²) in [7, 11) is 1.36. The second kappa shape index (κ2) is 9.97. The van der Waals surface area contributed by atoms with Gasteiger partial charge in [0.1, 0.15) is 35.3 Å². The molecule has 0 unspecified atom stereocenters. The van der Waals surface area contributed by atoms with Crippen molar-refractivity contribution in [1.29, 1.82) is 0 Å². The Morgan fingerprint density at radius 1 is 1.08 bits per heavy atom. The van der Waals surface area contributed by atoms with E-state index in [1.807, 2.05) is 24.3 Å². The van der Waals surface area contributed by atoms with Crippen LogP contribution in [0, 0.1) is 0 Å². The van der Waals surface area contributed by atoms with E-state index in [2.05, 4.69) is 5.16 Å². The SMILES string of the molecule is COC(=O)c1ccc2c(c1)Oc1ccc(OCc3c(-c4c(Cl)cccc4Cl)noc3C3CC3)cc1SC2. The van der Waals surface area contributed by atoms with Gasteiger partial charge in [0.2, 0.25) is 0 Å². The first-order chi connectivity index (χ1) is 18.0. The lowest BCUT2D eigenvalue weighted by molar-refractivity contribution is 0.0600. The monoisotopic (exact) mass is 553 g/mol. The van der Waals surface area contributed by atoms with E-state index in [0.29, 0.717) is 55.8 Å². The number of esters is 1. The second-order valence-electron chi connectivity index (χ2n) is 8.85. The molecule has 4 aromatic rings. The van der Waals surface area contributed by atoms with E-state index in [1.54, 1.807) is 42.1 Å². The van der Waals surface area contributed by atoms with Crippen LogP contribution in [-0.2, 0) is 17.1 Å². The average Bonchev–Trinajstić information content (AvgIpc) is 3.69. The van der Waals surface area contributed by atoms with Crippen LogP contribution in [0.25, 0.3) is 11.3 Å². The van der Waals surface area contributed by atoms with Crippen molar-refractivity contribution in [2.24, 2.45) is 0 Å². The van der Waals surface area contributed by atoms with Crippen molar-refractivity contribution in [2.75, 3.05) is 7.11 Å². The van der Waals surface area contributed by atoms with Crippen molar-refractivity contribution in [3.05, 3.63) is 87.1 Å². The summed E-state index contributed by atoms with van der Waals surface area (Å²) in [5.74, 6) is 3.49. The van der Waals surface area contributed by atoms with Gasteiger partial charge in [-0.2, -0.15) is 0 Å².